The van der Waals surface area contributed by atoms with Gasteiger partial charge in [0.25, 0.3) is 0 Å². The van der Waals surface area contributed by atoms with Crippen LogP contribution in [0.2, 0.25) is 0 Å². The normalized spacial score (nSPS) is 15.6. The largest absolute Gasteiger partial charge is 0.351 e. The number of para-hydroxylation sites is 1. The quantitative estimate of drug-likeness (QED) is 0.845. The van der Waals surface area contributed by atoms with Crippen molar-refractivity contribution >= 4 is 17.5 Å². The van der Waals surface area contributed by atoms with Crippen molar-refractivity contribution in [3.05, 3.63) is 42.1 Å². The van der Waals surface area contributed by atoms with Crippen LogP contribution in [0.25, 0.3) is 0 Å². The Hall–Kier alpha value is -2.10. The van der Waals surface area contributed by atoms with Gasteiger partial charge < -0.3 is 10.6 Å². The average molecular weight is 310 g/mol. The van der Waals surface area contributed by atoms with Crippen molar-refractivity contribution in [2.24, 2.45) is 0 Å². The van der Waals surface area contributed by atoms with E-state index in [1.54, 1.807) is 0 Å². The fraction of sp³-hybridized carbons (Fsp3) is 0.474. The molecule has 0 saturated heterocycles. The SMILES string of the molecule is CC(C)(C)c1ccccc1Nc1ccnc(NC2CCCC2)n1. The molecule has 1 aromatic heterocycles. The summed E-state index contributed by atoms with van der Waals surface area (Å²) >= 11 is 0. The summed E-state index contributed by atoms with van der Waals surface area (Å²) in [5.74, 6) is 1.55. The first-order chi connectivity index (χ1) is 11.0. The van der Waals surface area contributed by atoms with Crippen LogP contribution in [0.3, 0.4) is 0 Å². The summed E-state index contributed by atoms with van der Waals surface area (Å²) in [6.07, 6.45) is 6.84. The van der Waals surface area contributed by atoms with Crippen molar-refractivity contribution in [2.75, 3.05) is 10.6 Å². The number of anilines is 3. The summed E-state index contributed by atoms with van der Waals surface area (Å²) in [4.78, 5) is 8.97. The lowest BCUT2D eigenvalue weighted by Crippen LogP contribution is -2.17. The molecular formula is C19H26N4. The van der Waals surface area contributed by atoms with E-state index in [0.717, 1.165) is 17.5 Å². The van der Waals surface area contributed by atoms with E-state index in [9.17, 15) is 0 Å². The highest BCUT2D eigenvalue weighted by molar-refractivity contribution is 5.62. The highest BCUT2D eigenvalue weighted by Gasteiger charge is 2.18. The number of benzene rings is 1. The number of rotatable bonds is 4. The second-order valence-corrected chi connectivity index (χ2v) is 7.31. The van der Waals surface area contributed by atoms with Gasteiger partial charge in [0, 0.05) is 17.9 Å². The van der Waals surface area contributed by atoms with E-state index in [0.29, 0.717) is 6.04 Å². The molecular weight excluding hydrogens is 284 g/mol. The number of aromatic nitrogens is 2. The van der Waals surface area contributed by atoms with Crippen LogP contribution in [0.4, 0.5) is 17.5 Å². The van der Waals surface area contributed by atoms with Gasteiger partial charge in [-0.25, -0.2) is 4.98 Å². The minimum absolute atomic E-state index is 0.0849. The predicted octanol–water partition coefficient (Wildman–Crippen LogP) is 4.87. The predicted molar refractivity (Wildman–Crippen MR) is 96.3 cm³/mol. The molecule has 1 aromatic carbocycles. The highest BCUT2D eigenvalue weighted by Crippen LogP contribution is 2.31. The lowest BCUT2D eigenvalue weighted by Gasteiger charge is -2.23. The van der Waals surface area contributed by atoms with Crippen molar-refractivity contribution in [3.63, 3.8) is 0 Å². The van der Waals surface area contributed by atoms with Crippen LogP contribution in [0.5, 0.6) is 0 Å². The Bertz CT molecular complexity index is 654. The molecule has 1 aliphatic rings. The summed E-state index contributed by atoms with van der Waals surface area (Å²) < 4.78 is 0. The molecule has 4 nitrogen and oxygen atoms in total. The first-order valence-corrected chi connectivity index (χ1v) is 8.48. The van der Waals surface area contributed by atoms with E-state index >= 15 is 0 Å². The Balaban J connectivity index is 1.78. The van der Waals surface area contributed by atoms with Crippen LogP contribution in [0.1, 0.15) is 52.0 Å². The smallest absolute Gasteiger partial charge is 0.224 e. The molecule has 4 heteroatoms. The third-order valence-electron chi connectivity index (χ3n) is 4.34. The van der Waals surface area contributed by atoms with Gasteiger partial charge in [0.15, 0.2) is 0 Å². The summed E-state index contributed by atoms with van der Waals surface area (Å²) in [7, 11) is 0. The molecule has 3 rings (SSSR count). The number of hydrogen-bond donors (Lipinski definition) is 2. The maximum Gasteiger partial charge on any atom is 0.224 e. The van der Waals surface area contributed by atoms with Gasteiger partial charge >= 0.3 is 0 Å². The van der Waals surface area contributed by atoms with E-state index < -0.39 is 0 Å². The van der Waals surface area contributed by atoms with Gasteiger partial charge in [0.2, 0.25) is 5.95 Å². The molecule has 0 radical (unpaired) electrons. The molecule has 23 heavy (non-hydrogen) atoms. The molecule has 1 fully saturated rings. The molecule has 0 atom stereocenters. The van der Waals surface area contributed by atoms with Crippen LogP contribution in [-0.4, -0.2) is 16.0 Å². The molecule has 1 saturated carbocycles. The van der Waals surface area contributed by atoms with E-state index in [1.165, 1.54) is 31.2 Å². The molecule has 2 N–H and O–H groups in total. The van der Waals surface area contributed by atoms with Gasteiger partial charge in [-0.1, -0.05) is 51.8 Å². The molecule has 0 bridgehead atoms. The van der Waals surface area contributed by atoms with Crippen molar-refractivity contribution in [1.82, 2.24) is 9.97 Å². The van der Waals surface area contributed by atoms with Crippen molar-refractivity contribution in [2.45, 2.75) is 57.9 Å². The van der Waals surface area contributed by atoms with Crippen molar-refractivity contribution in [3.8, 4) is 0 Å². The van der Waals surface area contributed by atoms with Crippen LogP contribution >= 0.6 is 0 Å². The zero-order valence-corrected chi connectivity index (χ0v) is 14.3. The zero-order chi connectivity index (χ0) is 16.3. The Morgan fingerprint density at radius 3 is 2.52 bits per heavy atom. The monoisotopic (exact) mass is 310 g/mol. The minimum atomic E-state index is 0.0849. The van der Waals surface area contributed by atoms with Gasteiger partial charge in [-0.05, 0) is 36.0 Å². The average Bonchev–Trinajstić information content (AvgIpc) is 3.00. The topological polar surface area (TPSA) is 49.8 Å². The Kier molecular flexibility index (Phi) is 4.51. The highest BCUT2D eigenvalue weighted by atomic mass is 15.2. The maximum absolute atomic E-state index is 4.62. The lowest BCUT2D eigenvalue weighted by atomic mass is 9.86. The second-order valence-electron chi connectivity index (χ2n) is 7.31. The fourth-order valence-electron chi connectivity index (χ4n) is 3.13. The summed E-state index contributed by atoms with van der Waals surface area (Å²) in [5, 5.41) is 6.90. The van der Waals surface area contributed by atoms with Gasteiger partial charge in [0.1, 0.15) is 5.82 Å². The van der Waals surface area contributed by atoms with Gasteiger partial charge in [-0.3, -0.25) is 0 Å². The standard InChI is InChI=1S/C19H26N4/c1-19(2,3)15-10-6-7-11-16(15)22-17-12-13-20-18(23-17)21-14-8-4-5-9-14/h6-7,10-14H,4-5,8-9H2,1-3H3,(H2,20,21,22,23). The molecule has 0 aliphatic heterocycles. The van der Waals surface area contributed by atoms with Crippen molar-refractivity contribution < 1.29 is 0 Å². The summed E-state index contributed by atoms with van der Waals surface area (Å²) in [5.41, 5.74) is 2.47. The molecule has 0 spiro atoms. The van der Waals surface area contributed by atoms with Crippen LogP contribution in [-0.2, 0) is 5.41 Å². The Morgan fingerprint density at radius 2 is 1.78 bits per heavy atom. The van der Waals surface area contributed by atoms with Gasteiger partial charge in [0.05, 0.1) is 0 Å². The number of nitrogens with zero attached hydrogens (tertiary/aromatic N) is 2. The lowest BCUT2D eigenvalue weighted by molar-refractivity contribution is 0.592. The zero-order valence-electron chi connectivity index (χ0n) is 14.3. The van der Waals surface area contributed by atoms with Crippen LogP contribution in [0, 0.1) is 0 Å². The number of nitrogens with one attached hydrogen (secondary N) is 2. The molecule has 0 amide bonds. The third-order valence-corrected chi connectivity index (χ3v) is 4.34. The van der Waals surface area contributed by atoms with Crippen LogP contribution in [0.15, 0.2) is 36.5 Å². The van der Waals surface area contributed by atoms with E-state index in [2.05, 4.69) is 65.6 Å². The van der Waals surface area contributed by atoms with E-state index in [1.807, 2.05) is 12.3 Å². The summed E-state index contributed by atoms with van der Waals surface area (Å²) in [6.45, 7) is 6.67. The number of hydrogen-bond acceptors (Lipinski definition) is 4. The molecule has 1 heterocycles. The minimum Gasteiger partial charge on any atom is -0.351 e. The first-order valence-electron chi connectivity index (χ1n) is 8.48. The van der Waals surface area contributed by atoms with Crippen LogP contribution < -0.4 is 10.6 Å². The fourth-order valence-corrected chi connectivity index (χ4v) is 3.13. The third kappa shape index (κ3) is 4.01. The van der Waals surface area contributed by atoms with E-state index in [4.69, 9.17) is 0 Å². The van der Waals surface area contributed by atoms with E-state index in [-0.39, 0.29) is 5.41 Å². The summed E-state index contributed by atoms with van der Waals surface area (Å²) in [6, 6.07) is 10.8. The Morgan fingerprint density at radius 1 is 1.04 bits per heavy atom. The van der Waals surface area contributed by atoms with Gasteiger partial charge in [-0.15, -0.1) is 0 Å². The second kappa shape index (κ2) is 6.57. The molecule has 0 unspecified atom stereocenters. The van der Waals surface area contributed by atoms with Crippen molar-refractivity contribution in [1.29, 1.82) is 0 Å². The molecule has 1 aliphatic carbocycles. The first kappa shape index (κ1) is 15.8. The molecule has 122 valence electrons. The Labute approximate surface area is 138 Å². The maximum atomic E-state index is 4.62. The molecule has 2 aromatic rings. The van der Waals surface area contributed by atoms with Gasteiger partial charge in [-0.2, -0.15) is 4.98 Å².